The third-order valence-corrected chi connectivity index (χ3v) is 5.96. The zero-order valence-corrected chi connectivity index (χ0v) is 12.0. The van der Waals surface area contributed by atoms with Crippen molar-refractivity contribution in [3.63, 3.8) is 0 Å². The van der Waals surface area contributed by atoms with E-state index in [9.17, 15) is 13.5 Å². The predicted molar refractivity (Wildman–Crippen MR) is 69.9 cm³/mol. The summed E-state index contributed by atoms with van der Waals surface area (Å²) in [6, 6.07) is 0. The van der Waals surface area contributed by atoms with Gasteiger partial charge in [-0.25, -0.2) is 8.42 Å². The minimum Gasteiger partial charge on any atom is -0.392 e. The van der Waals surface area contributed by atoms with Gasteiger partial charge in [0, 0.05) is 35.3 Å². The van der Waals surface area contributed by atoms with Gasteiger partial charge in [0.15, 0.2) is 5.03 Å². The zero-order valence-electron chi connectivity index (χ0n) is 10.4. The van der Waals surface area contributed by atoms with Gasteiger partial charge in [-0.3, -0.25) is 5.10 Å². The molecule has 1 aromatic heterocycles. The number of thioether (sulfide) groups is 1. The maximum atomic E-state index is 12.4. The second kappa shape index (κ2) is 5.20. The summed E-state index contributed by atoms with van der Waals surface area (Å²) in [5.74, 6) is 0.790. The maximum Gasteiger partial charge on any atom is 0.262 e. The number of aryl methyl sites for hydroxylation is 1. The maximum absolute atomic E-state index is 12.4. The van der Waals surface area contributed by atoms with Crippen molar-refractivity contribution in [2.45, 2.75) is 30.7 Å². The molecule has 1 fully saturated rings. The first-order chi connectivity index (χ1) is 8.46. The van der Waals surface area contributed by atoms with E-state index < -0.39 is 10.0 Å². The molecule has 0 radical (unpaired) electrons. The van der Waals surface area contributed by atoms with Crippen molar-refractivity contribution in [1.29, 1.82) is 0 Å². The summed E-state index contributed by atoms with van der Waals surface area (Å²) in [4.78, 5) is 0. The Hall–Kier alpha value is -0.570. The number of nitrogens with one attached hydrogen (secondary N) is 1. The third kappa shape index (κ3) is 2.42. The zero-order chi connectivity index (χ0) is 13.3. The summed E-state index contributed by atoms with van der Waals surface area (Å²) >= 11 is 1.76. The van der Waals surface area contributed by atoms with Gasteiger partial charge in [0.25, 0.3) is 10.0 Å². The van der Waals surface area contributed by atoms with Gasteiger partial charge in [0.05, 0.1) is 6.61 Å². The molecule has 8 heteroatoms. The molecule has 0 aliphatic carbocycles. The number of hydrogen-bond donors (Lipinski definition) is 2. The van der Waals surface area contributed by atoms with Crippen molar-refractivity contribution in [3.8, 4) is 0 Å². The van der Waals surface area contributed by atoms with E-state index >= 15 is 0 Å². The highest BCUT2D eigenvalue weighted by atomic mass is 32.2. The van der Waals surface area contributed by atoms with E-state index in [-0.39, 0.29) is 16.9 Å². The minimum atomic E-state index is -3.60. The smallest absolute Gasteiger partial charge is 0.262 e. The Morgan fingerprint density at radius 2 is 2.33 bits per heavy atom. The highest BCUT2D eigenvalue weighted by molar-refractivity contribution is 8.00. The van der Waals surface area contributed by atoms with Crippen molar-refractivity contribution < 1.29 is 13.5 Å². The fraction of sp³-hybridized carbons (Fsp3) is 0.700. The summed E-state index contributed by atoms with van der Waals surface area (Å²) in [6.45, 7) is 4.37. The lowest BCUT2D eigenvalue weighted by atomic mass is 10.3. The van der Waals surface area contributed by atoms with Crippen LogP contribution < -0.4 is 0 Å². The third-order valence-electron chi connectivity index (χ3n) is 2.98. The lowest BCUT2D eigenvalue weighted by Crippen LogP contribution is -2.41. The Labute approximate surface area is 111 Å². The second-order valence-electron chi connectivity index (χ2n) is 4.33. The fourth-order valence-corrected chi connectivity index (χ4v) is 4.87. The van der Waals surface area contributed by atoms with Crippen LogP contribution in [0.25, 0.3) is 0 Å². The molecule has 18 heavy (non-hydrogen) atoms. The molecule has 102 valence electrons. The molecule has 0 bridgehead atoms. The molecule has 2 rings (SSSR count). The molecule has 0 amide bonds. The Balaban J connectivity index is 2.35. The topological polar surface area (TPSA) is 86.3 Å². The molecule has 1 aliphatic heterocycles. The molecule has 0 aromatic carbocycles. The average Bonchev–Trinajstić information content (AvgIpc) is 2.71. The van der Waals surface area contributed by atoms with Crippen LogP contribution in [0.3, 0.4) is 0 Å². The normalized spacial score (nSPS) is 22.3. The van der Waals surface area contributed by atoms with E-state index in [1.54, 1.807) is 18.7 Å². The fourth-order valence-electron chi connectivity index (χ4n) is 1.96. The van der Waals surface area contributed by atoms with Crippen molar-refractivity contribution in [2.24, 2.45) is 0 Å². The Morgan fingerprint density at radius 3 is 2.94 bits per heavy atom. The number of sulfonamides is 1. The Bertz CT molecular complexity index is 526. The molecule has 0 spiro atoms. The number of aromatic nitrogens is 2. The van der Waals surface area contributed by atoms with Crippen LogP contribution in [-0.4, -0.2) is 52.1 Å². The number of aliphatic hydroxyl groups is 1. The number of aliphatic hydroxyl groups excluding tert-OH is 1. The van der Waals surface area contributed by atoms with Crippen molar-refractivity contribution in [1.82, 2.24) is 14.5 Å². The lowest BCUT2D eigenvalue weighted by Gasteiger charge is -2.29. The van der Waals surface area contributed by atoms with Gasteiger partial charge in [-0.2, -0.15) is 21.2 Å². The average molecular weight is 291 g/mol. The quantitative estimate of drug-likeness (QED) is 0.838. The largest absolute Gasteiger partial charge is 0.392 e. The van der Waals surface area contributed by atoms with Crippen LogP contribution in [0.2, 0.25) is 0 Å². The van der Waals surface area contributed by atoms with Crippen molar-refractivity contribution in [2.75, 3.05) is 18.8 Å². The molecule has 1 saturated heterocycles. The predicted octanol–water partition coefficient (Wildman–Crippen LogP) is 0.336. The molecule has 1 atom stereocenters. The first kappa shape index (κ1) is 13.9. The van der Waals surface area contributed by atoms with E-state index in [1.807, 2.05) is 6.92 Å². The van der Waals surface area contributed by atoms with Crippen molar-refractivity contribution in [3.05, 3.63) is 11.3 Å². The van der Waals surface area contributed by atoms with E-state index in [0.29, 0.717) is 24.3 Å². The van der Waals surface area contributed by atoms with Crippen molar-refractivity contribution >= 4 is 21.8 Å². The first-order valence-electron chi connectivity index (χ1n) is 5.73. The van der Waals surface area contributed by atoms with Gasteiger partial charge in [0.2, 0.25) is 0 Å². The van der Waals surface area contributed by atoms with Gasteiger partial charge in [-0.1, -0.05) is 6.92 Å². The number of aromatic amines is 1. The second-order valence-corrected chi connectivity index (χ2v) is 7.73. The number of nitrogens with zero attached hydrogens (tertiary/aromatic N) is 2. The van der Waals surface area contributed by atoms with Crippen LogP contribution in [-0.2, 0) is 16.6 Å². The summed E-state index contributed by atoms with van der Waals surface area (Å²) in [6.07, 6.45) is 0. The summed E-state index contributed by atoms with van der Waals surface area (Å²) < 4.78 is 26.3. The molecular weight excluding hydrogens is 274 g/mol. The van der Waals surface area contributed by atoms with Gasteiger partial charge >= 0.3 is 0 Å². The molecule has 6 nitrogen and oxygen atoms in total. The summed E-state index contributed by atoms with van der Waals surface area (Å²) in [5, 5.41) is 16.0. The van der Waals surface area contributed by atoms with E-state index in [1.165, 1.54) is 4.31 Å². The van der Waals surface area contributed by atoms with Gasteiger partial charge < -0.3 is 5.11 Å². The molecular formula is C10H17N3O3S2. The van der Waals surface area contributed by atoms with Gasteiger partial charge in [-0.05, 0) is 6.92 Å². The van der Waals surface area contributed by atoms with E-state index in [2.05, 4.69) is 10.2 Å². The van der Waals surface area contributed by atoms with E-state index in [0.717, 1.165) is 5.75 Å². The number of hydrogen-bond acceptors (Lipinski definition) is 5. The molecule has 1 unspecified atom stereocenters. The van der Waals surface area contributed by atoms with E-state index in [4.69, 9.17) is 0 Å². The summed E-state index contributed by atoms with van der Waals surface area (Å²) in [5.41, 5.74) is 0.955. The van der Waals surface area contributed by atoms with Crippen LogP contribution in [0.15, 0.2) is 5.03 Å². The van der Waals surface area contributed by atoms with Gasteiger partial charge in [-0.15, -0.1) is 0 Å². The van der Waals surface area contributed by atoms with Crippen LogP contribution in [0.5, 0.6) is 0 Å². The summed E-state index contributed by atoms with van der Waals surface area (Å²) in [7, 11) is -3.60. The first-order valence-corrected chi connectivity index (χ1v) is 8.22. The lowest BCUT2D eigenvalue weighted by molar-refractivity contribution is 0.277. The molecule has 2 N–H and O–H groups in total. The molecule has 1 aromatic rings. The standard InChI is InChI=1S/C10H17N3O3S2/c1-7-5-13(3-4-17-7)18(15,16)10-9(6-14)8(2)11-12-10/h7,14H,3-6H2,1-2H3,(H,11,12). The van der Waals surface area contributed by atoms with Crippen LogP contribution in [0, 0.1) is 6.92 Å². The van der Waals surface area contributed by atoms with Crippen LogP contribution in [0.4, 0.5) is 0 Å². The van der Waals surface area contributed by atoms with Crippen LogP contribution in [0.1, 0.15) is 18.2 Å². The molecule has 1 aliphatic rings. The van der Waals surface area contributed by atoms with Gasteiger partial charge in [0.1, 0.15) is 0 Å². The number of H-pyrrole nitrogens is 1. The Morgan fingerprint density at radius 1 is 1.61 bits per heavy atom. The minimum absolute atomic E-state index is 0.0402. The highest BCUT2D eigenvalue weighted by Crippen LogP contribution is 2.25. The SMILES string of the molecule is Cc1[nH]nc(S(=O)(=O)N2CCSC(C)C2)c1CO. The Kier molecular flexibility index (Phi) is 4.00. The van der Waals surface area contributed by atoms with Crippen LogP contribution >= 0.6 is 11.8 Å². The molecule has 2 heterocycles. The molecule has 0 saturated carbocycles. The number of rotatable bonds is 3. The highest BCUT2D eigenvalue weighted by Gasteiger charge is 2.33. The monoisotopic (exact) mass is 291 g/mol.